The number of rotatable bonds is 9. The van der Waals surface area contributed by atoms with E-state index in [1.807, 2.05) is 7.05 Å². The Bertz CT molecular complexity index is 141. The van der Waals surface area contributed by atoms with Gasteiger partial charge in [0.15, 0.2) is 0 Å². The zero-order valence-electron chi connectivity index (χ0n) is 10.8. The lowest BCUT2D eigenvalue weighted by atomic mass is 9.99. The molecule has 0 heterocycles. The van der Waals surface area contributed by atoms with Crippen LogP contribution in [-0.4, -0.2) is 48.8 Å². The molecule has 0 aromatic rings. The zero-order valence-corrected chi connectivity index (χ0v) is 10.8. The molecule has 1 unspecified atom stereocenters. The molecule has 15 heavy (non-hydrogen) atoms. The van der Waals surface area contributed by atoms with Crippen molar-refractivity contribution in [1.29, 1.82) is 0 Å². The van der Waals surface area contributed by atoms with E-state index in [1.54, 1.807) is 0 Å². The van der Waals surface area contributed by atoms with Crippen LogP contribution in [0.15, 0.2) is 0 Å². The average Bonchev–Trinajstić information content (AvgIpc) is 2.26. The van der Waals surface area contributed by atoms with Crippen molar-refractivity contribution in [3.8, 4) is 0 Å². The van der Waals surface area contributed by atoms with Crippen molar-refractivity contribution in [2.75, 3.05) is 33.3 Å². The van der Waals surface area contributed by atoms with Crippen LogP contribution in [0.3, 0.4) is 0 Å². The van der Waals surface area contributed by atoms with Crippen LogP contribution in [0.1, 0.15) is 40.0 Å². The van der Waals surface area contributed by atoms with Crippen LogP contribution in [0.2, 0.25) is 0 Å². The third-order valence-electron chi connectivity index (χ3n) is 3.01. The van der Waals surface area contributed by atoms with Crippen molar-refractivity contribution in [3.63, 3.8) is 0 Å². The first-order chi connectivity index (χ1) is 7.11. The molecule has 0 aliphatic carbocycles. The quantitative estimate of drug-likeness (QED) is 0.612. The van der Waals surface area contributed by atoms with Crippen LogP contribution in [0.25, 0.3) is 0 Å². The van der Waals surface area contributed by atoms with E-state index in [9.17, 15) is 5.11 Å². The molecular formula is C12H28N2O. The second-order valence-corrected chi connectivity index (χ2v) is 4.56. The third-order valence-corrected chi connectivity index (χ3v) is 3.01. The Morgan fingerprint density at radius 2 is 1.67 bits per heavy atom. The van der Waals surface area contributed by atoms with Crippen molar-refractivity contribution in [1.82, 2.24) is 10.2 Å². The van der Waals surface area contributed by atoms with Gasteiger partial charge in [0.2, 0.25) is 0 Å². The van der Waals surface area contributed by atoms with E-state index in [4.69, 9.17) is 0 Å². The first kappa shape index (κ1) is 14.9. The van der Waals surface area contributed by atoms with Crippen LogP contribution < -0.4 is 5.32 Å². The summed E-state index contributed by atoms with van der Waals surface area (Å²) in [5, 5.41) is 12.5. The number of nitrogens with zero attached hydrogens (tertiary/aromatic N) is 1. The summed E-state index contributed by atoms with van der Waals surface area (Å²) in [6, 6.07) is 0. The standard InChI is InChI=1S/C12H28N2O/c1-5-8-14(9-6-2)10-7-12(3,11-15)13-4/h13,15H,5-11H2,1-4H3. The summed E-state index contributed by atoms with van der Waals surface area (Å²) in [5.41, 5.74) is -0.125. The van der Waals surface area contributed by atoms with E-state index in [1.165, 1.54) is 25.9 Å². The highest BCUT2D eigenvalue weighted by atomic mass is 16.3. The van der Waals surface area contributed by atoms with Crippen LogP contribution in [0.4, 0.5) is 0 Å². The van der Waals surface area contributed by atoms with Gasteiger partial charge in [0, 0.05) is 5.54 Å². The molecule has 0 bridgehead atoms. The van der Waals surface area contributed by atoms with Gasteiger partial charge in [-0.25, -0.2) is 0 Å². The van der Waals surface area contributed by atoms with Gasteiger partial charge >= 0.3 is 0 Å². The first-order valence-corrected chi connectivity index (χ1v) is 6.14. The Morgan fingerprint density at radius 1 is 1.13 bits per heavy atom. The van der Waals surface area contributed by atoms with Gasteiger partial charge in [0.25, 0.3) is 0 Å². The molecule has 1 atom stereocenters. The SMILES string of the molecule is CCCN(CCC)CCC(C)(CO)NC. The number of hydrogen-bond donors (Lipinski definition) is 2. The Balaban J connectivity index is 3.95. The molecule has 3 nitrogen and oxygen atoms in total. The second-order valence-electron chi connectivity index (χ2n) is 4.56. The molecule has 0 saturated carbocycles. The molecule has 0 aromatic carbocycles. The van der Waals surface area contributed by atoms with Crippen molar-refractivity contribution in [3.05, 3.63) is 0 Å². The molecule has 2 N–H and O–H groups in total. The summed E-state index contributed by atoms with van der Waals surface area (Å²) >= 11 is 0. The van der Waals surface area contributed by atoms with Gasteiger partial charge in [-0.05, 0) is 52.9 Å². The molecule has 0 fully saturated rings. The molecule has 0 amide bonds. The second kappa shape index (κ2) is 8.08. The van der Waals surface area contributed by atoms with Gasteiger partial charge in [-0.15, -0.1) is 0 Å². The number of nitrogens with one attached hydrogen (secondary N) is 1. The van der Waals surface area contributed by atoms with Crippen molar-refractivity contribution < 1.29 is 5.11 Å². The molecule has 0 aliphatic rings. The molecule has 0 radical (unpaired) electrons. The Hall–Kier alpha value is -0.120. The molecule has 0 aromatic heterocycles. The van der Waals surface area contributed by atoms with E-state index in [-0.39, 0.29) is 12.1 Å². The summed E-state index contributed by atoms with van der Waals surface area (Å²) in [4.78, 5) is 2.48. The van der Waals surface area contributed by atoms with E-state index < -0.39 is 0 Å². The fourth-order valence-electron chi connectivity index (χ4n) is 1.66. The minimum atomic E-state index is -0.125. The molecule has 0 aliphatic heterocycles. The lowest BCUT2D eigenvalue weighted by molar-refractivity contribution is 0.151. The van der Waals surface area contributed by atoms with Gasteiger partial charge in [-0.1, -0.05) is 13.8 Å². The van der Waals surface area contributed by atoms with Gasteiger partial charge < -0.3 is 15.3 Å². The van der Waals surface area contributed by atoms with E-state index in [0.717, 1.165) is 13.0 Å². The van der Waals surface area contributed by atoms with Crippen molar-refractivity contribution in [2.24, 2.45) is 0 Å². The number of hydrogen-bond acceptors (Lipinski definition) is 3. The molecular weight excluding hydrogens is 188 g/mol. The fourth-order valence-corrected chi connectivity index (χ4v) is 1.66. The van der Waals surface area contributed by atoms with Gasteiger partial charge in [0.1, 0.15) is 0 Å². The maximum Gasteiger partial charge on any atom is 0.0610 e. The normalized spacial score (nSPS) is 15.6. The minimum absolute atomic E-state index is 0.125. The van der Waals surface area contributed by atoms with E-state index >= 15 is 0 Å². The maximum atomic E-state index is 9.28. The summed E-state index contributed by atoms with van der Waals surface area (Å²) in [5.74, 6) is 0. The highest BCUT2D eigenvalue weighted by Crippen LogP contribution is 2.09. The summed E-state index contributed by atoms with van der Waals surface area (Å²) < 4.78 is 0. The molecule has 3 heteroatoms. The van der Waals surface area contributed by atoms with Crippen LogP contribution >= 0.6 is 0 Å². The third kappa shape index (κ3) is 6.13. The molecule has 0 saturated heterocycles. The number of aliphatic hydroxyl groups is 1. The number of aliphatic hydroxyl groups excluding tert-OH is 1. The minimum Gasteiger partial charge on any atom is -0.394 e. The smallest absolute Gasteiger partial charge is 0.0610 e. The number of likely N-dealkylation sites (N-methyl/N-ethyl adjacent to an activating group) is 1. The molecule has 92 valence electrons. The Kier molecular flexibility index (Phi) is 8.02. The average molecular weight is 216 g/mol. The largest absolute Gasteiger partial charge is 0.394 e. The molecule has 0 spiro atoms. The zero-order chi connectivity index (χ0) is 11.7. The van der Waals surface area contributed by atoms with Gasteiger partial charge in [0.05, 0.1) is 6.61 Å². The lowest BCUT2D eigenvalue weighted by Crippen LogP contribution is -2.46. The fraction of sp³-hybridized carbons (Fsp3) is 1.00. The lowest BCUT2D eigenvalue weighted by Gasteiger charge is -2.30. The maximum absolute atomic E-state index is 9.28. The Labute approximate surface area is 94.9 Å². The monoisotopic (exact) mass is 216 g/mol. The predicted octanol–water partition coefficient (Wildman–Crippen LogP) is 1.47. The van der Waals surface area contributed by atoms with Gasteiger partial charge in [-0.3, -0.25) is 0 Å². The van der Waals surface area contributed by atoms with Crippen molar-refractivity contribution >= 4 is 0 Å². The van der Waals surface area contributed by atoms with Crippen molar-refractivity contribution in [2.45, 2.75) is 45.6 Å². The predicted molar refractivity (Wildman–Crippen MR) is 66.2 cm³/mol. The highest BCUT2D eigenvalue weighted by molar-refractivity contribution is 4.81. The van der Waals surface area contributed by atoms with Crippen LogP contribution in [0.5, 0.6) is 0 Å². The van der Waals surface area contributed by atoms with Crippen LogP contribution in [-0.2, 0) is 0 Å². The summed E-state index contributed by atoms with van der Waals surface area (Å²) in [7, 11) is 1.92. The van der Waals surface area contributed by atoms with Gasteiger partial charge in [-0.2, -0.15) is 0 Å². The summed E-state index contributed by atoms with van der Waals surface area (Å²) in [6.07, 6.45) is 3.41. The molecule has 0 rings (SSSR count). The first-order valence-electron chi connectivity index (χ1n) is 6.14. The van der Waals surface area contributed by atoms with E-state index in [2.05, 4.69) is 31.0 Å². The summed E-state index contributed by atoms with van der Waals surface area (Å²) in [6.45, 7) is 10.1. The topological polar surface area (TPSA) is 35.5 Å². The highest BCUT2D eigenvalue weighted by Gasteiger charge is 2.21. The van der Waals surface area contributed by atoms with Crippen LogP contribution in [0, 0.1) is 0 Å². The Morgan fingerprint density at radius 3 is 2.00 bits per heavy atom. The van der Waals surface area contributed by atoms with E-state index in [0.29, 0.717) is 0 Å².